The molecule has 0 spiro atoms. The van der Waals surface area contributed by atoms with Crippen molar-refractivity contribution in [1.82, 2.24) is 5.32 Å². The molecule has 0 aliphatic rings. The van der Waals surface area contributed by atoms with Crippen molar-refractivity contribution in [3.8, 4) is 17.6 Å². The third-order valence-corrected chi connectivity index (χ3v) is 2.53. The molecule has 0 saturated carbocycles. The average Bonchev–Trinajstić information content (AvgIpc) is 2.24. The van der Waals surface area contributed by atoms with Crippen LogP contribution in [-0.4, -0.2) is 11.7 Å². The van der Waals surface area contributed by atoms with E-state index < -0.39 is 0 Å². The topological polar surface area (TPSA) is 32.3 Å². The number of phenolic OH excluding ortho intramolecular Hbond substituents is 1. The van der Waals surface area contributed by atoms with Gasteiger partial charge in [-0.1, -0.05) is 12.1 Å². The minimum Gasteiger partial charge on any atom is -0.508 e. The van der Waals surface area contributed by atoms with Crippen molar-refractivity contribution in [3.05, 3.63) is 29.3 Å². The smallest absolute Gasteiger partial charge is 0.120 e. The summed E-state index contributed by atoms with van der Waals surface area (Å²) >= 11 is 0. The first-order valence-electron chi connectivity index (χ1n) is 5.57. The van der Waals surface area contributed by atoms with Gasteiger partial charge in [-0.05, 0) is 32.4 Å². The molecule has 16 heavy (non-hydrogen) atoms. The van der Waals surface area contributed by atoms with E-state index in [1.165, 1.54) is 0 Å². The number of rotatable bonds is 4. The first-order chi connectivity index (χ1) is 7.65. The first kappa shape index (κ1) is 12.6. The molecule has 1 atom stereocenters. The lowest BCUT2D eigenvalue weighted by atomic mass is 10.1. The van der Waals surface area contributed by atoms with Crippen LogP contribution in [0.3, 0.4) is 0 Å². The van der Waals surface area contributed by atoms with Gasteiger partial charge in [0.15, 0.2) is 0 Å². The fourth-order valence-electron chi connectivity index (χ4n) is 1.61. The molecule has 1 unspecified atom stereocenters. The standard InChI is InChI=1S/C14H19NO/c1-4-5-6-9-15-12(3)13-8-7-11(2)10-14(13)16/h7-8,10,12,15-16H,6,9H2,1-3H3. The summed E-state index contributed by atoms with van der Waals surface area (Å²) in [4.78, 5) is 0. The van der Waals surface area contributed by atoms with E-state index in [0.29, 0.717) is 5.75 Å². The van der Waals surface area contributed by atoms with E-state index in [4.69, 9.17) is 0 Å². The Morgan fingerprint density at radius 1 is 1.44 bits per heavy atom. The molecule has 0 bridgehead atoms. The van der Waals surface area contributed by atoms with Crippen LogP contribution in [0.25, 0.3) is 0 Å². The van der Waals surface area contributed by atoms with Crippen molar-refractivity contribution in [2.24, 2.45) is 0 Å². The Morgan fingerprint density at radius 2 is 2.19 bits per heavy atom. The Kier molecular flexibility index (Phi) is 4.88. The lowest BCUT2D eigenvalue weighted by Gasteiger charge is -2.15. The molecule has 86 valence electrons. The van der Waals surface area contributed by atoms with Gasteiger partial charge in [0.05, 0.1) is 0 Å². The Balaban J connectivity index is 2.57. The quantitative estimate of drug-likeness (QED) is 0.600. The predicted octanol–water partition coefficient (Wildman–Crippen LogP) is 2.76. The molecule has 2 heteroatoms. The average molecular weight is 217 g/mol. The summed E-state index contributed by atoms with van der Waals surface area (Å²) in [6.07, 6.45) is 0.841. The SMILES string of the molecule is CC#CCCNC(C)c1ccc(C)cc1O. The summed E-state index contributed by atoms with van der Waals surface area (Å²) in [7, 11) is 0. The zero-order valence-corrected chi connectivity index (χ0v) is 10.2. The molecule has 0 heterocycles. The van der Waals surface area contributed by atoms with E-state index >= 15 is 0 Å². The molecule has 0 saturated heterocycles. The second kappa shape index (κ2) is 6.19. The summed E-state index contributed by atoms with van der Waals surface area (Å²) in [6.45, 7) is 6.70. The molecular formula is C14H19NO. The maximum absolute atomic E-state index is 9.80. The first-order valence-corrected chi connectivity index (χ1v) is 5.57. The third kappa shape index (κ3) is 3.60. The highest BCUT2D eigenvalue weighted by atomic mass is 16.3. The second-order valence-electron chi connectivity index (χ2n) is 3.91. The molecule has 1 rings (SSSR count). The van der Waals surface area contributed by atoms with Crippen LogP contribution in [0.4, 0.5) is 0 Å². The number of aryl methyl sites for hydroxylation is 1. The van der Waals surface area contributed by atoms with E-state index in [1.807, 2.05) is 32.9 Å². The minimum absolute atomic E-state index is 0.152. The molecule has 0 aliphatic heterocycles. The van der Waals surface area contributed by atoms with Crippen LogP contribution >= 0.6 is 0 Å². The van der Waals surface area contributed by atoms with Crippen LogP contribution in [0.1, 0.15) is 37.4 Å². The van der Waals surface area contributed by atoms with Gasteiger partial charge in [-0.2, -0.15) is 0 Å². The van der Waals surface area contributed by atoms with Gasteiger partial charge in [-0.15, -0.1) is 11.8 Å². The van der Waals surface area contributed by atoms with Crippen LogP contribution < -0.4 is 5.32 Å². The molecule has 0 radical (unpaired) electrons. The number of nitrogens with one attached hydrogen (secondary N) is 1. The minimum atomic E-state index is 0.152. The highest BCUT2D eigenvalue weighted by Crippen LogP contribution is 2.24. The van der Waals surface area contributed by atoms with E-state index in [9.17, 15) is 5.11 Å². The maximum Gasteiger partial charge on any atom is 0.120 e. The third-order valence-electron chi connectivity index (χ3n) is 2.53. The Labute approximate surface area is 97.7 Å². The van der Waals surface area contributed by atoms with Crippen LogP contribution in [0, 0.1) is 18.8 Å². The molecule has 1 aromatic carbocycles. The van der Waals surface area contributed by atoms with Crippen LogP contribution in [0.15, 0.2) is 18.2 Å². The van der Waals surface area contributed by atoms with E-state index in [0.717, 1.165) is 24.1 Å². The lowest BCUT2D eigenvalue weighted by molar-refractivity contribution is 0.453. The molecule has 0 aliphatic carbocycles. The van der Waals surface area contributed by atoms with Gasteiger partial charge in [0.1, 0.15) is 5.75 Å². The van der Waals surface area contributed by atoms with Gasteiger partial charge in [-0.3, -0.25) is 0 Å². The summed E-state index contributed by atoms with van der Waals surface area (Å²) in [5.41, 5.74) is 2.01. The monoisotopic (exact) mass is 217 g/mol. The van der Waals surface area contributed by atoms with Crippen molar-refractivity contribution in [2.45, 2.75) is 33.2 Å². The Hall–Kier alpha value is -1.46. The molecule has 1 aromatic rings. The van der Waals surface area contributed by atoms with Gasteiger partial charge in [0, 0.05) is 24.6 Å². The maximum atomic E-state index is 9.80. The van der Waals surface area contributed by atoms with E-state index in [-0.39, 0.29) is 6.04 Å². The van der Waals surface area contributed by atoms with Crippen LogP contribution in [0.5, 0.6) is 5.75 Å². The molecular weight excluding hydrogens is 198 g/mol. The number of benzene rings is 1. The molecule has 0 amide bonds. The van der Waals surface area contributed by atoms with Gasteiger partial charge in [0.25, 0.3) is 0 Å². The molecule has 2 N–H and O–H groups in total. The molecule has 0 fully saturated rings. The highest BCUT2D eigenvalue weighted by molar-refractivity contribution is 5.37. The number of aromatic hydroxyl groups is 1. The van der Waals surface area contributed by atoms with Crippen molar-refractivity contribution >= 4 is 0 Å². The van der Waals surface area contributed by atoms with Crippen molar-refractivity contribution < 1.29 is 5.11 Å². The summed E-state index contributed by atoms with van der Waals surface area (Å²) in [5.74, 6) is 6.23. The Bertz CT molecular complexity index is 401. The van der Waals surface area contributed by atoms with E-state index in [2.05, 4.69) is 17.2 Å². The number of hydrogen-bond donors (Lipinski definition) is 2. The normalized spacial score (nSPS) is 11.7. The summed E-state index contributed by atoms with van der Waals surface area (Å²) < 4.78 is 0. The zero-order valence-electron chi connectivity index (χ0n) is 10.2. The highest BCUT2D eigenvalue weighted by Gasteiger charge is 2.08. The number of phenols is 1. The summed E-state index contributed by atoms with van der Waals surface area (Å²) in [5, 5.41) is 13.1. The lowest BCUT2D eigenvalue weighted by Crippen LogP contribution is -2.19. The Morgan fingerprint density at radius 3 is 2.81 bits per heavy atom. The largest absolute Gasteiger partial charge is 0.508 e. The summed E-state index contributed by atoms with van der Waals surface area (Å²) in [6, 6.07) is 5.92. The molecule has 2 nitrogen and oxygen atoms in total. The van der Waals surface area contributed by atoms with Crippen molar-refractivity contribution in [3.63, 3.8) is 0 Å². The zero-order chi connectivity index (χ0) is 12.0. The molecule has 0 aromatic heterocycles. The predicted molar refractivity (Wildman–Crippen MR) is 67.3 cm³/mol. The fraction of sp³-hybridized carbons (Fsp3) is 0.429. The van der Waals surface area contributed by atoms with Gasteiger partial charge in [-0.25, -0.2) is 0 Å². The van der Waals surface area contributed by atoms with Crippen LogP contribution in [-0.2, 0) is 0 Å². The van der Waals surface area contributed by atoms with E-state index in [1.54, 1.807) is 6.07 Å². The van der Waals surface area contributed by atoms with Gasteiger partial charge < -0.3 is 10.4 Å². The van der Waals surface area contributed by atoms with Crippen molar-refractivity contribution in [2.75, 3.05) is 6.54 Å². The second-order valence-corrected chi connectivity index (χ2v) is 3.91. The fourth-order valence-corrected chi connectivity index (χ4v) is 1.61. The number of hydrogen-bond acceptors (Lipinski definition) is 2. The van der Waals surface area contributed by atoms with Gasteiger partial charge in [0.2, 0.25) is 0 Å². The van der Waals surface area contributed by atoms with Crippen molar-refractivity contribution in [1.29, 1.82) is 0 Å². The van der Waals surface area contributed by atoms with Crippen LogP contribution in [0.2, 0.25) is 0 Å². The van der Waals surface area contributed by atoms with Gasteiger partial charge >= 0.3 is 0 Å².